The van der Waals surface area contributed by atoms with Crippen LogP contribution in [0.5, 0.6) is 0 Å². The van der Waals surface area contributed by atoms with Gasteiger partial charge in [-0.3, -0.25) is 0 Å². The average Bonchev–Trinajstić information content (AvgIpc) is 2.60. The van der Waals surface area contributed by atoms with Gasteiger partial charge in [0.2, 0.25) is 0 Å². The predicted molar refractivity (Wildman–Crippen MR) is 89.8 cm³/mol. The molecule has 0 unspecified atom stereocenters. The molecule has 0 saturated heterocycles. The van der Waals surface area contributed by atoms with E-state index in [9.17, 15) is 9.90 Å². The summed E-state index contributed by atoms with van der Waals surface area (Å²) in [5.74, 6) is 0.117. The van der Waals surface area contributed by atoms with Crippen molar-refractivity contribution in [2.75, 3.05) is 12.9 Å². The van der Waals surface area contributed by atoms with Gasteiger partial charge in [-0.1, -0.05) is 67.6 Å². The van der Waals surface area contributed by atoms with Crippen LogP contribution in [0, 0.1) is 0 Å². The van der Waals surface area contributed by atoms with Crippen LogP contribution < -0.4 is 0 Å². The summed E-state index contributed by atoms with van der Waals surface area (Å²) in [6, 6.07) is 19.2. The van der Waals surface area contributed by atoms with E-state index in [-0.39, 0.29) is 0 Å². The second-order valence-electron chi connectivity index (χ2n) is 4.83. The number of benzene rings is 2. The molecular weight excluding hydrogens is 296 g/mol. The molecule has 0 spiro atoms. The standard InChI is InChI=1S/C18H20O3S/c1-3-22-18(16(19)17(20)21-2,14-10-6-4-7-11-14)15-12-8-5-9-13-15/h4-13,16,19H,3H2,1-2H3/t16-/m0/s1. The molecule has 116 valence electrons. The number of hydrogen-bond donors (Lipinski definition) is 1. The zero-order valence-corrected chi connectivity index (χ0v) is 13.5. The Morgan fingerprint density at radius 2 is 1.55 bits per heavy atom. The molecule has 2 aromatic rings. The van der Waals surface area contributed by atoms with Crippen LogP contribution >= 0.6 is 11.8 Å². The van der Waals surface area contributed by atoms with E-state index in [2.05, 4.69) is 0 Å². The molecule has 0 aromatic heterocycles. The smallest absolute Gasteiger partial charge is 0.336 e. The number of methoxy groups -OCH3 is 1. The number of hydrogen-bond acceptors (Lipinski definition) is 4. The number of ether oxygens (including phenoxy) is 1. The van der Waals surface area contributed by atoms with E-state index >= 15 is 0 Å². The quantitative estimate of drug-likeness (QED) is 0.831. The van der Waals surface area contributed by atoms with Gasteiger partial charge in [0, 0.05) is 0 Å². The van der Waals surface area contributed by atoms with Crippen molar-refractivity contribution in [1.82, 2.24) is 0 Å². The third-order valence-electron chi connectivity index (χ3n) is 3.59. The lowest BCUT2D eigenvalue weighted by atomic mass is 9.85. The first-order valence-corrected chi connectivity index (χ1v) is 8.16. The summed E-state index contributed by atoms with van der Waals surface area (Å²) in [6.45, 7) is 2.01. The Kier molecular flexibility index (Phi) is 5.63. The van der Waals surface area contributed by atoms with Crippen LogP contribution in [0.3, 0.4) is 0 Å². The first-order chi connectivity index (χ1) is 10.7. The van der Waals surface area contributed by atoms with Crippen LogP contribution in [0.2, 0.25) is 0 Å². The lowest BCUT2D eigenvalue weighted by molar-refractivity contribution is -0.151. The third-order valence-corrected chi connectivity index (χ3v) is 5.03. The fraction of sp³-hybridized carbons (Fsp3) is 0.278. The number of thioether (sulfide) groups is 1. The molecule has 4 heteroatoms. The van der Waals surface area contributed by atoms with E-state index in [0.29, 0.717) is 0 Å². The maximum atomic E-state index is 12.1. The molecule has 0 aliphatic heterocycles. The summed E-state index contributed by atoms with van der Waals surface area (Å²) in [5.41, 5.74) is 1.76. The van der Waals surface area contributed by atoms with E-state index in [0.717, 1.165) is 16.9 Å². The normalized spacial score (nSPS) is 12.7. The average molecular weight is 316 g/mol. The van der Waals surface area contributed by atoms with Gasteiger partial charge in [0.05, 0.1) is 7.11 Å². The van der Waals surface area contributed by atoms with Crippen molar-refractivity contribution in [3.63, 3.8) is 0 Å². The molecule has 0 aliphatic rings. The molecule has 0 heterocycles. The largest absolute Gasteiger partial charge is 0.467 e. The van der Waals surface area contributed by atoms with Crippen LogP contribution in [0.4, 0.5) is 0 Å². The summed E-state index contributed by atoms with van der Waals surface area (Å²) in [6.07, 6.45) is -1.28. The Morgan fingerprint density at radius 1 is 1.09 bits per heavy atom. The van der Waals surface area contributed by atoms with Crippen LogP contribution in [-0.4, -0.2) is 30.0 Å². The molecule has 0 bridgehead atoms. The zero-order valence-electron chi connectivity index (χ0n) is 12.7. The fourth-order valence-corrected chi connectivity index (χ4v) is 3.92. The number of carbonyl (C=O) groups excluding carboxylic acids is 1. The highest BCUT2D eigenvalue weighted by atomic mass is 32.2. The topological polar surface area (TPSA) is 46.5 Å². The number of carbonyl (C=O) groups is 1. The predicted octanol–water partition coefficient (Wildman–Crippen LogP) is 3.22. The number of aliphatic hydroxyl groups is 1. The second-order valence-corrected chi connectivity index (χ2v) is 6.34. The Bertz CT molecular complexity index is 559. The summed E-state index contributed by atoms with van der Waals surface area (Å²) < 4.78 is 3.92. The van der Waals surface area contributed by atoms with Gasteiger partial charge in [0.15, 0.2) is 6.10 Å². The van der Waals surface area contributed by atoms with Crippen molar-refractivity contribution < 1.29 is 14.6 Å². The summed E-state index contributed by atoms with van der Waals surface area (Å²) in [7, 11) is 1.29. The van der Waals surface area contributed by atoms with Crippen molar-refractivity contribution in [2.24, 2.45) is 0 Å². The fourth-order valence-electron chi connectivity index (χ4n) is 2.60. The minimum Gasteiger partial charge on any atom is -0.467 e. The van der Waals surface area contributed by atoms with Crippen LogP contribution in [0.1, 0.15) is 18.1 Å². The van der Waals surface area contributed by atoms with E-state index in [4.69, 9.17) is 4.74 Å². The maximum absolute atomic E-state index is 12.1. The molecule has 0 fully saturated rings. The maximum Gasteiger partial charge on any atom is 0.336 e. The van der Waals surface area contributed by atoms with Gasteiger partial charge in [-0.15, -0.1) is 11.8 Å². The van der Waals surface area contributed by atoms with Crippen molar-refractivity contribution in [3.05, 3.63) is 71.8 Å². The highest BCUT2D eigenvalue weighted by Gasteiger charge is 2.46. The Morgan fingerprint density at radius 3 is 1.91 bits per heavy atom. The number of rotatable bonds is 6. The molecule has 2 rings (SSSR count). The Balaban J connectivity index is 2.67. The summed E-state index contributed by atoms with van der Waals surface area (Å²) >= 11 is 1.53. The molecular formula is C18H20O3S. The van der Waals surface area contributed by atoms with E-state index in [1.165, 1.54) is 18.9 Å². The van der Waals surface area contributed by atoms with Crippen molar-refractivity contribution in [3.8, 4) is 0 Å². The molecule has 2 aromatic carbocycles. The number of aliphatic hydroxyl groups excluding tert-OH is 1. The summed E-state index contributed by atoms with van der Waals surface area (Å²) in [4.78, 5) is 12.1. The first kappa shape index (κ1) is 16.6. The highest BCUT2D eigenvalue weighted by Crippen LogP contribution is 2.46. The van der Waals surface area contributed by atoms with Gasteiger partial charge in [0.25, 0.3) is 0 Å². The van der Waals surface area contributed by atoms with Gasteiger partial charge in [0.1, 0.15) is 4.75 Å². The second kappa shape index (κ2) is 7.47. The molecule has 0 amide bonds. The van der Waals surface area contributed by atoms with Gasteiger partial charge in [-0.25, -0.2) is 4.79 Å². The minimum atomic E-state index is -1.28. The van der Waals surface area contributed by atoms with Gasteiger partial charge in [-0.2, -0.15) is 0 Å². The molecule has 3 nitrogen and oxygen atoms in total. The minimum absolute atomic E-state index is 0.631. The lowest BCUT2D eigenvalue weighted by Gasteiger charge is -2.37. The SMILES string of the molecule is CCSC(c1ccccc1)(c1ccccc1)[C@@H](O)C(=O)OC. The highest BCUT2D eigenvalue weighted by molar-refractivity contribution is 8.00. The monoisotopic (exact) mass is 316 g/mol. The molecule has 0 saturated carbocycles. The van der Waals surface area contributed by atoms with E-state index in [1.807, 2.05) is 67.6 Å². The van der Waals surface area contributed by atoms with Crippen LogP contribution in [0.15, 0.2) is 60.7 Å². The van der Waals surface area contributed by atoms with Crippen molar-refractivity contribution in [1.29, 1.82) is 0 Å². The molecule has 0 radical (unpaired) electrons. The Hall–Kier alpha value is -1.78. The first-order valence-electron chi connectivity index (χ1n) is 7.17. The van der Waals surface area contributed by atoms with Gasteiger partial charge >= 0.3 is 5.97 Å². The molecule has 1 atom stereocenters. The third kappa shape index (κ3) is 3.03. The zero-order chi connectivity index (χ0) is 16.0. The van der Waals surface area contributed by atoms with Gasteiger partial charge in [-0.05, 0) is 16.9 Å². The molecule has 22 heavy (non-hydrogen) atoms. The van der Waals surface area contributed by atoms with Gasteiger partial charge < -0.3 is 9.84 Å². The van der Waals surface area contributed by atoms with E-state index < -0.39 is 16.8 Å². The van der Waals surface area contributed by atoms with Crippen LogP contribution in [0.25, 0.3) is 0 Å². The summed E-state index contributed by atoms with van der Waals surface area (Å²) in [5, 5.41) is 10.8. The van der Waals surface area contributed by atoms with E-state index in [1.54, 1.807) is 0 Å². The van der Waals surface area contributed by atoms with Crippen molar-refractivity contribution >= 4 is 17.7 Å². The lowest BCUT2D eigenvalue weighted by Crippen LogP contribution is -2.44. The molecule has 1 N–H and O–H groups in total. The van der Waals surface area contributed by atoms with Crippen LogP contribution in [-0.2, 0) is 14.3 Å². The number of esters is 1. The Labute approximate surface area is 135 Å². The van der Waals surface area contributed by atoms with Crippen molar-refractivity contribution in [2.45, 2.75) is 17.8 Å². The molecule has 0 aliphatic carbocycles.